The summed E-state index contributed by atoms with van der Waals surface area (Å²) in [7, 11) is 0. The number of nitrogens with one attached hydrogen (secondary N) is 1. The molecule has 1 atom stereocenters. The van der Waals surface area contributed by atoms with Crippen molar-refractivity contribution < 1.29 is 36.9 Å². The predicted molar refractivity (Wildman–Crippen MR) is 76.9 cm³/mol. The zero-order chi connectivity index (χ0) is 17.9. The zero-order valence-corrected chi connectivity index (χ0v) is 13.8. The number of unbranched alkanes of at least 4 members (excludes halogenated alkanes) is 4. The maximum atomic E-state index is 13.9. The van der Waals surface area contributed by atoms with Crippen LogP contribution in [0.5, 0.6) is 0 Å². The Morgan fingerprint density at radius 3 is 2.17 bits per heavy atom. The number of amidine groups is 1. The van der Waals surface area contributed by atoms with Crippen LogP contribution in [0.3, 0.4) is 0 Å². The molecule has 0 fully saturated rings. The molecule has 1 heterocycles. The van der Waals surface area contributed by atoms with Crippen LogP contribution >= 0.6 is 0 Å². The number of halogens is 4. The summed E-state index contributed by atoms with van der Waals surface area (Å²) in [5, 5.41) is 8.78. The summed E-state index contributed by atoms with van der Waals surface area (Å²) >= 11 is 0. The number of quaternary nitrogens is 1. The van der Waals surface area contributed by atoms with Gasteiger partial charge in [0.25, 0.3) is 0 Å². The van der Waals surface area contributed by atoms with E-state index in [1.807, 2.05) is 4.58 Å². The maximum Gasteiger partial charge on any atom is 0.535 e. The average molecular weight is 343 g/mol. The lowest BCUT2D eigenvalue weighted by Gasteiger charge is -2.04. The molecule has 0 saturated heterocycles. The maximum absolute atomic E-state index is 13.9. The van der Waals surface area contributed by atoms with Gasteiger partial charge in [-0.15, -0.1) is 4.58 Å². The summed E-state index contributed by atoms with van der Waals surface area (Å²) in [6.45, 7) is 8.14. The number of hydrogen-bond acceptors (Lipinski definition) is 2. The summed E-state index contributed by atoms with van der Waals surface area (Å²) in [5.41, 5.74) is 0. The number of nitrogens with zero attached hydrogens (tertiary/aromatic N) is 1. The highest BCUT2D eigenvalue weighted by atomic mass is 19.4. The van der Waals surface area contributed by atoms with Gasteiger partial charge < -0.3 is 9.90 Å². The molecular weight excluding hydrogens is 316 g/mol. The lowest BCUT2D eigenvalue weighted by Crippen LogP contribution is -3.13. The van der Waals surface area contributed by atoms with Crippen LogP contribution in [0.4, 0.5) is 17.6 Å². The molecule has 23 heavy (non-hydrogen) atoms. The van der Waals surface area contributed by atoms with E-state index < -0.39 is 12.1 Å². The van der Waals surface area contributed by atoms with Gasteiger partial charge in [0, 0.05) is 6.42 Å². The molecule has 1 aliphatic rings. The van der Waals surface area contributed by atoms with Gasteiger partial charge in [-0.1, -0.05) is 31.1 Å². The van der Waals surface area contributed by atoms with E-state index in [9.17, 15) is 17.6 Å². The van der Waals surface area contributed by atoms with Crippen LogP contribution in [0.1, 0.15) is 52.4 Å². The number of rotatable bonds is 8. The molecule has 0 bridgehead atoms. The van der Waals surface area contributed by atoms with E-state index in [1.54, 1.807) is 0 Å². The van der Waals surface area contributed by atoms with Crippen molar-refractivity contribution in [2.75, 3.05) is 26.2 Å². The monoisotopic (exact) mass is 343 g/mol. The van der Waals surface area contributed by atoms with Gasteiger partial charge in [0.05, 0.1) is 6.54 Å². The lowest BCUT2D eigenvalue weighted by molar-refractivity contribution is -0.809. The van der Waals surface area contributed by atoms with Gasteiger partial charge in [0.1, 0.15) is 12.5 Å². The first-order valence-electron chi connectivity index (χ1n) is 8.14. The first-order valence-corrected chi connectivity index (χ1v) is 8.14. The Morgan fingerprint density at radius 2 is 1.70 bits per heavy atom. The Bertz CT molecular complexity index is 384. The summed E-state index contributed by atoms with van der Waals surface area (Å²) in [6, 6.07) is 0. The second-order valence-electron chi connectivity index (χ2n) is 5.58. The quantitative estimate of drug-likeness (QED) is 0.308. The highest BCUT2D eigenvalue weighted by Crippen LogP contribution is 2.11. The third-order valence-electron chi connectivity index (χ3n) is 3.60. The molecule has 0 aliphatic carbocycles. The van der Waals surface area contributed by atoms with Crippen LogP contribution in [0.2, 0.25) is 0 Å². The van der Waals surface area contributed by atoms with E-state index in [4.69, 9.17) is 9.90 Å². The smallest absolute Gasteiger partial charge is 0.535 e. The highest BCUT2D eigenvalue weighted by molar-refractivity contribution is 5.70. The average Bonchev–Trinajstić information content (AvgIpc) is 2.81. The van der Waals surface area contributed by atoms with Gasteiger partial charge in [-0.05, 0) is 19.3 Å². The molecule has 4 nitrogen and oxygen atoms in total. The molecule has 1 unspecified atom stereocenters. The molecular formula is C15H27F4N2O2+. The van der Waals surface area contributed by atoms with Crippen LogP contribution in [0, 0.1) is 0 Å². The fourth-order valence-electron chi connectivity index (χ4n) is 2.27. The predicted octanol–water partition coefficient (Wildman–Crippen LogP) is 0.902. The van der Waals surface area contributed by atoms with Crippen molar-refractivity contribution in [3.8, 4) is 0 Å². The molecule has 0 saturated carbocycles. The molecule has 0 aromatic heterocycles. The van der Waals surface area contributed by atoms with Gasteiger partial charge in [-0.25, -0.2) is 4.90 Å². The Hall–Kier alpha value is -1.18. The summed E-state index contributed by atoms with van der Waals surface area (Å²) < 4.78 is 47.4. The first-order chi connectivity index (χ1) is 10.7. The number of alkyl halides is 3. The van der Waals surface area contributed by atoms with Crippen molar-refractivity contribution in [2.24, 2.45) is 0 Å². The first kappa shape index (κ1) is 21.8. The Kier molecular flexibility index (Phi) is 10.8. The number of carbonyl (C=O) groups excluding carboxylic acids is 1. The van der Waals surface area contributed by atoms with Gasteiger partial charge in [0.15, 0.2) is 13.1 Å². The van der Waals surface area contributed by atoms with Crippen molar-refractivity contribution in [1.29, 1.82) is 0 Å². The second-order valence-corrected chi connectivity index (χ2v) is 5.58. The Morgan fingerprint density at radius 1 is 1.17 bits per heavy atom. The number of hydrogen-bond donors (Lipinski definition) is 1. The molecule has 1 rings (SSSR count). The number of aliphatic carboxylic acids is 1. The molecule has 0 spiro atoms. The van der Waals surface area contributed by atoms with Gasteiger partial charge in [0.2, 0.25) is 0 Å². The van der Waals surface area contributed by atoms with Crippen molar-refractivity contribution in [1.82, 2.24) is 0 Å². The van der Waals surface area contributed by atoms with Crippen LogP contribution in [-0.2, 0) is 4.79 Å². The topological polar surface area (TPSA) is 47.6 Å². The fourth-order valence-corrected chi connectivity index (χ4v) is 2.27. The van der Waals surface area contributed by atoms with Crippen molar-refractivity contribution in [3.63, 3.8) is 0 Å². The lowest BCUT2D eigenvalue weighted by atomic mass is 10.2. The van der Waals surface area contributed by atoms with Crippen LogP contribution < -0.4 is 10.0 Å². The molecule has 8 heteroatoms. The fraction of sp³-hybridized carbons (Fsp3) is 0.867. The molecule has 1 N–H and O–H groups in total. The highest BCUT2D eigenvalue weighted by Gasteiger charge is 2.35. The van der Waals surface area contributed by atoms with Crippen LogP contribution in [0.15, 0.2) is 0 Å². The molecule has 136 valence electrons. The van der Waals surface area contributed by atoms with Crippen LogP contribution in [-0.4, -0.2) is 49.0 Å². The van der Waals surface area contributed by atoms with E-state index in [0.29, 0.717) is 0 Å². The molecule has 0 radical (unpaired) electrons. The number of carboxylic acids is 1. The minimum Gasteiger partial charge on any atom is -0.542 e. The third kappa shape index (κ3) is 9.53. The summed E-state index contributed by atoms with van der Waals surface area (Å²) in [5.74, 6) is -3.01. The second kappa shape index (κ2) is 11.4. The number of carboxylic acid groups (broad SMARTS) is 1. The normalized spacial score (nSPS) is 17.9. The zero-order valence-electron chi connectivity index (χ0n) is 13.8. The van der Waals surface area contributed by atoms with Crippen molar-refractivity contribution >= 4 is 12.1 Å². The number of carbonyl (C=O) groups is 1. The van der Waals surface area contributed by atoms with Gasteiger partial charge >= 0.3 is 12.3 Å². The summed E-state index contributed by atoms with van der Waals surface area (Å²) in [6.07, 6.45) is 2.07. The standard InChI is InChI=1S/C13H26FN2.C2HF3O2/c1-3-5-7-9-15-11-12-16(13(15)14)10-8-6-4-2;3-2(4,5)1(6)7/h3-12H2,1-2H3;(H,6,7)/q+1;. The van der Waals surface area contributed by atoms with Crippen LogP contribution in [0.25, 0.3) is 0 Å². The minimum absolute atomic E-state index is 0.104. The van der Waals surface area contributed by atoms with Gasteiger partial charge in [-0.3, -0.25) is 0 Å². The van der Waals surface area contributed by atoms with E-state index >= 15 is 0 Å². The largest absolute Gasteiger partial charge is 0.542 e. The molecule has 0 amide bonds. The van der Waals surface area contributed by atoms with E-state index in [1.165, 1.54) is 25.7 Å². The Labute approximate surface area is 134 Å². The molecule has 0 aromatic rings. The van der Waals surface area contributed by atoms with E-state index in [0.717, 1.165) is 43.9 Å². The van der Waals surface area contributed by atoms with Crippen molar-refractivity contribution in [2.45, 2.75) is 58.5 Å². The van der Waals surface area contributed by atoms with Gasteiger partial charge in [-0.2, -0.15) is 13.2 Å². The SMILES string of the molecule is CCCCC[N+]1=C(F)[NH+](CCCCC)CC1.O=C([O-])C(F)(F)F. The Balaban J connectivity index is 0.000000585. The molecule has 0 aromatic carbocycles. The molecule has 1 aliphatic heterocycles. The minimum atomic E-state index is -5.19. The summed E-state index contributed by atoms with van der Waals surface area (Å²) in [4.78, 5) is 9.86. The van der Waals surface area contributed by atoms with Crippen molar-refractivity contribution in [3.05, 3.63) is 0 Å². The third-order valence-corrected chi connectivity index (χ3v) is 3.60. The van der Waals surface area contributed by atoms with E-state index in [-0.39, 0.29) is 6.09 Å². The van der Waals surface area contributed by atoms with E-state index in [2.05, 4.69) is 13.8 Å².